The second-order valence-electron chi connectivity index (χ2n) is 0.632. The summed E-state index contributed by atoms with van der Waals surface area (Å²) in [6, 6.07) is 0. The van der Waals surface area contributed by atoms with Gasteiger partial charge >= 0.3 is 164 Å². The Bertz CT molecular complexity index is 119. The minimum atomic E-state index is -1.50. The molecule has 20 heavy (non-hydrogen) atoms. The van der Waals surface area contributed by atoms with Crippen LogP contribution < -0.4 is 0 Å². The molecule has 103 valence electrons. The first-order chi connectivity index (χ1) is 8.49. The first kappa shape index (κ1) is 49.5. The zero-order chi connectivity index (χ0) is 16.2. The van der Waals surface area contributed by atoms with Crippen molar-refractivity contribution in [2.45, 2.75) is 0 Å². The predicted molar refractivity (Wildman–Crippen MR) is 60.5 cm³/mol. The summed E-state index contributed by atoms with van der Waals surface area (Å²) in [6.07, 6.45) is 0. The molecule has 0 aliphatic heterocycles. The normalized spacial score (nSPS) is 2.40. The molecule has 0 saturated heterocycles. The van der Waals surface area contributed by atoms with Crippen LogP contribution in [0.1, 0.15) is 0 Å². The quantitative estimate of drug-likeness (QED) is 0.162. The van der Waals surface area contributed by atoms with Gasteiger partial charge < -0.3 is 0 Å². The average molecular weight is 525 g/mol. The summed E-state index contributed by atoms with van der Waals surface area (Å²) in [4.78, 5) is 0. The molecule has 0 unspecified atom stereocenters. The Labute approximate surface area is 196 Å². The van der Waals surface area contributed by atoms with E-state index in [0.29, 0.717) is 0 Å². The van der Waals surface area contributed by atoms with Crippen molar-refractivity contribution in [3.05, 3.63) is 0 Å². The number of hydrogen-bond donors (Lipinski definition) is 6. The first-order valence-corrected chi connectivity index (χ1v) is 8.89. The van der Waals surface area contributed by atoms with Crippen LogP contribution in [-0.4, -0.2) is 141 Å². The van der Waals surface area contributed by atoms with Gasteiger partial charge in [-0.1, -0.05) is 0 Å². The number of hydrogen-bond acceptors (Lipinski definition) is 6. The SMILES string of the molecule is [La].[MgH2].[O]=[Al][OH].[O]=[Al][OH].[O]=[Al][OH].[O]=[Al][OH].[O]=[Al][OH].[O]=[Al][OH]. The zero-order valence-electron chi connectivity index (χ0n) is 9.17. The van der Waals surface area contributed by atoms with E-state index in [9.17, 15) is 0 Å². The van der Waals surface area contributed by atoms with E-state index >= 15 is 0 Å². The van der Waals surface area contributed by atoms with Crippen molar-refractivity contribution in [1.82, 2.24) is 0 Å². The summed E-state index contributed by atoms with van der Waals surface area (Å²) in [5.41, 5.74) is 0. The minimum absolute atomic E-state index is 0. The first-order valence-electron chi connectivity index (χ1n) is 2.96. The maximum absolute atomic E-state index is 8.57. The van der Waals surface area contributed by atoms with Gasteiger partial charge in [0.25, 0.3) is 0 Å². The summed E-state index contributed by atoms with van der Waals surface area (Å²) >= 11 is -9.00. The molecule has 0 heterocycles. The summed E-state index contributed by atoms with van der Waals surface area (Å²) in [7, 11) is 0. The molecule has 12 nitrogen and oxygen atoms in total. The van der Waals surface area contributed by atoms with E-state index in [2.05, 4.69) is 0 Å². The summed E-state index contributed by atoms with van der Waals surface area (Å²) < 4.78 is 94.0. The molecule has 6 N–H and O–H groups in total. The van der Waals surface area contributed by atoms with Gasteiger partial charge in [0, 0.05) is 35.6 Å². The molecular formula is H8Al6LaMgO12. The van der Waals surface area contributed by atoms with Crippen LogP contribution in [0.2, 0.25) is 0 Å². The standard InChI is InChI=1S/6Al.La.Mg.6H2O.6O.2H/h;;;;;;;;6*1H2;;;;;;;;/q6*+1;;;;;;;;;;;;;;;;/p-6. The summed E-state index contributed by atoms with van der Waals surface area (Å²) in [5, 5.41) is 0. The molecule has 0 rings (SSSR count). The van der Waals surface area contributed by atoms with E-state index in [0.717, 1.165) is 0 Å². The molecule has 0 atom stereocenters. The third kappa shape index (κ3) is 1070. The van der Waals surface area contributed by atoms with Crippen LogP contribution in [0.3, 0.4) is 0 Å². The molecule has 0 aromatic rings. The van der Waals surface area contributed by atoms with E-state index in [1.54, 1.807) is 0 Å². The molecule has 0 aromatic heterocycles. The zero-order valence-corrected chi connectivity index (χ0v) is 19.7. The van der Waals surface area contributed by atoms with Gasteiger partial charge in [-0.25, -0.2) is 0 Å². The Morgan fingerprint density at radius 1 is 0.400 bits per heavy atom. The molecule has 0 aliphatic carbocycles. The Morgan fingerprint density at radius 3 is 0.400 bits per heavy atom. The topological polar surface area (TPSA) is 224 Å². The van der Waals surface area contributed by atoms with Gasteiger partial charge in [-0.3, -0.25) is 0 Å². The Balaban J connectivity index is -0.0000000141. The number of rotatable bonds is 0. The monoisotopic (exact) mass is 525 g/mol. The van der Waals surface area contributed by atoms with Crippen LogP contribution in [0.4, 0.5) is 0 Å². The molecule has 1 radical (unpaired) electrons. The van der Waals surface area contributed by atoms with Crippen LogP contribution in [0, 0.1) is 35.6 Å². The second-order valence-corrected chi connectivity index (χ2v) is 1.90. The molecule has 0 aromatic carbocycles. The van der Waals surface area contributed by atoms with Crippen molar-refractivity contribution >= 4 is 116 Å². The van der Waals surface area contributed by atoms with Crippen molar-refractivity contribution in [1.29, 1.82) is 0 Å². The van der Waals surface area contributed by atoms with Crippen LogP contribution in [0.25, 0.3) is 0 Å². The molecular weight excluding hydrogens is 517 g/mol. The van der Waals surface area contributed by atoms with E-state index in [1.807, 2.05) is 0 Å². The molecule has 0 spiro atoms. The predicted octanol–water partition coefficient (Wildman–Crippen LogP) is -7.26. The molecule has 20 heteroatoms. The second kappa shape index (κ2) is 122. The van der Waals surface area contributed by atoms with Gasteiger partial charge in [0.2, 0.25) is 0 Å². The van der Waals surface area contributed by atoms with Crippen LogP contribution >= 0.6 is 0 Å². The average Bonchev–Trinajstić information content (AvgIpc) is 2.23. The molecule has 0 fully saturated rings. The fourth-order valence-corrected chi connectivity index (χ4v) is 0. The fourth-order valence-electron chi connectivity index (χ4n) is 0. The summed E-state index contributed by atoms with van der Waals surface area (Å²) in [5.74, 6) is 0. The van der Waals surface area contributed by atoms with Gasteiger partial charge in [0.15, 0.2) is 0 Å². The van der Waals surface area contributed by atoms with E-state index in [1.165, 1.54) is 0 Å². The van der Waals surface area contributed by atoms with E-state index in [4.69, 9.17) is 47.8 Å². The van der Waals surface area contributed by atoms with Gasteiger partial charge in [0.1, 0.15) is 0 Å². The van der Waals surface area contributed by atoms with Crippen molar-refractivity contribution in [2.75, 3.05) is 0 Å². The maximum atomic E-state index is 8.57. The van der Waals surface area contributed by atoms with Gasteiger partial charge in [-0.2, -0.15) is 0 Å². The van der Waals surface area contributed by atoms with Crippen molar-refractivity contribution < 1.29 is 83.4 Å². The molecule has 0 bridgehead atoms. The van der Waals surface area contributed by atoms with E-state index in [-0.39, 0.29) is 58.7 Å². The van der Waals surface area contributed by atoms with Crippen molar-refractivity contribution in [3.63, 3.8) is 0 Å². The third-order valence-electron chi connectivity index (χ3n) is 0. The van der Waals surface area contributed by atoms with Crippen LogP contribution in [0.5, 0.6) is 0 Å². The van der Waals surface area contributed by atoms with Gasteiger partial charge in [-0.15, -0.1) is 0 Å². The Kier molecular flexibility index (Phi) is 302. The third-order valence-corrected chi connectivity index (χ3v) is 0. The molecule has 0 aliphatic rings. The van der Waals surface area contributed by atoms with Gasteiger partial charge in [-0.05, 0) is 0 Å². The summed E-state index contributed by atoms with van der Waals surface area (Å²) in [6.45, 7) is 0. The molecule has 0 saturated carbocycles. The fraction of sp³-hybridized carbons (Fsp3) is 0. The Morgan fingerprint density at radius 2 is 0.400 bits per heavy atom. The van der Waals surface area contributed by atoms with Crippen molar-refractivity contribution in [3.8, 4) is 0 Å². The van der Waals surface area contributed by atoms with Gasteiger partial charge in [0.05, 0.1) is 0 Å². The van der Waals surface area contributed by atoms with E-state index < -0.39 is 92.9 Å². The van der Waals surface area contributed by atoms with Crippen LogP contribution in [-0.2, 0) is 22.8 Å². The van der Waals surface area contributed by atoms with Crippen LogP contribution in [0.15, 0.2) is 0 Å². The van der Waals surface area contributed by atoms with Crippen molar-refractivity contribution in [2.24, 2.45) is 0 Å². The molecule has 0 amide bonds. The Hall–Kier alpha value is 2.76.